The second kappa shape index (κ2) is 9.97. The highest BCUT2D eigenvalue weighted by Gasteiger charge is 2.39. The zero-order valence-electron chi connectivity index (χ0n) is 16.9. The first-order chi connectivity index (χ1) is 15.5. The maximum atomic E-state index is 13.2. The lowest BCUT2D eigenvalue weighted by Gasteiger charge is -2.16. The molecule has 1 saturated heterocycles. The molecule has 1 atom stereocenters. The molecule has 32 heavy (non-hydrogen) atoms. The van der Waals surface area contributed by atoms with Crippen molar-refractivity contribution in [1.82, 2.24) is 4.90 Å². The molecule has 5 nitrogen and oxygen atoms in total. The van der Waals surface area contributed by atoms with Gasteiger partial charge in [-0.05, 0) is 54.1 Å². The van der Waals surface area contributed by atoms with Gasteiger partial charge in [-0.1, -0.05) is 53.7 Å². The van der Waals surface area contributed by atoms with E-state index in [1.54, 1.807) is 17.0 Å². The van der Waals surface area contributed by atoms with E-state index < -0.39 is 5.25 Å². The third kappa shape index (κ3) is 5.55. The number of carbonyl (C=O) groups excluding carboxylic acids is 2. The van der Waals surface area contributed by atoms with Crippen LogP contribution in [0.15, 0.2) is 83.9 Å². The summed E-state index contributed by atoms with van der Waals surface area (Å²) in [5, 5.41) is 3.25. The van der Waals surface area contributed by atoms with Crippen molar-refractivity contribution in [3.63, 3.8) is 0 Å². The van der Waals surface area contributed by atoms with E-state index in [1.165, 1.54) is 36.0 Å². The van der Waals surface area contributed by atoms with Crippen LogP contribution >= 0.6 is 23.4 Å². The fourth-order valence-electron chi connectivity index (χ4n) is 3.17. The largest absolute Gasteiger partial charge is 0.326 e. The van der Waals surface area contributed by atoms with Crippen LogP contribution in [0.4, 0.5) is 15.8 Å². The number of amides is 2. The smallest absolute Gasteiger partial charge is 0.242 e. The Hall–Kier alpha value is -3.16. The number of carbonyl (C=O) groups is 2. The Bertz CT molecular complexity index is 1140. The lowest BCUT2D eigenvalue weighted by Crippen LogP contribution is -2.33. The third-order valence-electron chi connectivity index (χ3n) is 4.75. The van der Waals surface area contributed by atoms with Crippen LogP contribution in [0.2, 0.25) is 5.02 Å². The van der Waals surface area contributed by atoms with Gasteiger partial charge in [0.05, 0.1) is 12.2 Å². The standard InChI is InChI=1S/C24H19ClFN3O2S/c25-17-8-6-16(7-9-17)15-29-23(31)21(32-24(29)28-19-4-2-1-3-5-19)14-22(30)27-20-12-10-18(26)11-13-20/h1-13,21H,14-15H2,(H,27,30)/t21-/m1/s1. The van der Waals surface area contributed by atoms with E-state index in [2.05, 4.69) is 10.3 Å². The molecule has 8 heteroatoms. The summed E-state index contributed by atoms with van der Waals surface area (Å²) in [7, 11) is 0. The van der Waals surface area contributed by atoms with Crippen LogP contribution in [0.5, 0.6) is 0 Å². The summed E-state index contributed by atoms with van der Waals surface area (Å²) in [6, 6.07) is 22.1. The van der Waals surface area contributed by atoms with Gasteiger partial charge in [-0.25, -0.2) is 9.38 Å². The topological polar surface area (TPSA) is 61.8 Å². The predicted molar refractivity (Wildman–Crippen MR) is 127 cm³/mol. The van der Waals surface area contributed by atoms with Crippen molar-refractivity contribution in [3.05, 3.63) is 95.3 Å². The molecule has 0 radical (unpaired) electrons. The van der Waals surface area contributed by atoms with Gasteiger partial charge in [-0.15, -0.1) is 0 Å². The number of halogens is 2. The average molecular weight is 468 g/mol. The number of para-hydroxylation sites is 1. The first kappa shape index (κ1) is 22.0. The van der Waals surface area contributed by atoms with E-state index in [1.807, 2.05) is 42.5 Å². The molecule has 1 aliphatic rings. The van der Waals surface area contributed by atoms with Crippen molar-refractivity contribution in [2.75, 3.05) is 5.32 Å². The number of aliphatic imine (C=N–C) groups is 1. The molecule has 1 heterocycles. The minimum absolute atomic E-state index is 0.0220. The molecular formula is C24H19ClFN3O2S. The van der Waals surface area contributed by atoms with Crippen LogP contribution < -0.4 is 5.32 Å². The highest BCUT2D eigenvalue weighted by atomic mass is 35.5. The van der Waals surface area contributed by atoms with Crippen LogP contribution in [0.25, 0.3) is 0 Å². The molecule has 0 aromatic heterocycles. The van der Waals surface area contributed by atoms with E-state index in [9.17, 15) is 14.0 Å². The van der Waals surface area contributed by atoms with Gasteiger partial charge in [0.25, 0.3) is 0 Å². The summed E-state index contributed by atoms with van der Waals surface area (Å²) in [5.41, 5.74) is 2.10. The Labute approximate surface area is 194 Å². The predicted octanol–water partition coefficient (Wildman–Crippen LogP) is 5.64. The Morgan fingerprint density at radius 1 is 1.03 bits per heavy atom. The molecule has 0 bridgehead atoms. The second-order valence-electron chi connectivity index (χ2n) is 7.15. The van der Waals surface area contributed by atoms with Crippen molar-refractivity contribution in [1.29, 1.82) is 0 Å². The number of thioether (sulfide) groups is 1. The van der Waals surface area contributed by atoms with Crippen LogP contribution in [-0.2, 0) is 16.1 Å². The van der Waals surface area contributed by atoms with Gasteiger partial charge in [0.2, 0.25) is 11.8 Å². The summed E-state index contributed by atoms with van der Waals surface area (Å²) in [4.78, 5) is 31.9. The Morgan fingerprint density at radius 2 is 1.72 bits per heavy atom. The van der Waals surface area contributed by atoms with E-state index in [0.29, 0.717) is 22.4 Å². The quantitative estimate of drug-likeness (QED) is 0.510. The fourth-order valence-corrected chi connectivity index (χ4v) is 4.45. The minimum Gasteiger partial charge on any atom is -0.326 e. The van der Waals surface area contributed by atoms with Crippen LogP contribution in [0.3, 0.4) is 0 Å². The van der Waals surface area contributed by atoms with Crippen molar-refractivity contribution in [3.8, 4) is 0 Å². The lowest BCUT2D eigenvalue weighted by molar-refractivity contribution is -0.128. The molecule has 0 aliphatic carbocycles. The van der Waals surface area contributed by atoms with Crippen LogP contribution in [0, 0.1) is 5.82 Å². The van der Waals surface area contributed by atoms with Crippen LogP contribution in [0.1, 0.15) is 12.0 Å². The molecular weight excluding hydrogens is 449 g/mol. The number of hydrogen-bond donors (Lipinski definition) is 1. The van der Waals surface area contributed by atoms with E-state index in [-0.39, 0.29) is 24.1 Å². The minimum atomic E-state index is -0.606. The fraction of sp³-hybridized carbons (Fsp3) is 0.125. The van der Waals surface area contributed by atoms with Gasteiger partial charge >= 0.3 is 0 Å². The number of nitrogens with zero attached hydrogens (tertiary/aromatic N) is 2. The molecule has 1 fully saturated rings. The number of benzene rings is 3. The molecule has 1 aliphatic heterocycles. The normalized spacial score (nSPS) is 17.1. The van der Waals surface area contributed by atoms with E-state index >= 15 is 0 Å². The summed E-state index contributed by atoms with van der Waals surface area (Å²) in [6.45, 7) is 0.324. The van der Waals surface area contributed by atoms with Crippen molar-refractivity contribution in [2.24, 2.45) is 4.99 Å². The van der Waals surface area contributed by atoms with Crippen molar-refractivity contribution >= 4 is 51.7 Å². The molecule has 1 N–H and O–H groups in total. The number of rotatable bonds is 6. The summed E-state index contributed by atoms with van der Waals surface area (Å²) >= 11 is 7.24. The van der Waals surface area contributed by atoms with Gasteiger partial charge in [0.1, 0.15) is 11.1 Å². The van der Waals surface area contributed by atoms with E-state index in [0.717, 1.165) is 11.3 Å². The Kier molecular flexibility index (Phi) is 6.87. The summed E-state index contributed by atoms with van der Waals surface area (Å²) < 4.78 is 13.1. The van der Waals surface area contributed by atoms with Gasteiger partial charge < -0.3 is 5.32 Å². The van der Waals surface area contributed by atoms with Gasteiger partial charge in [0, 0.05) is 17.1 Å². The van der Waals surface area contributed by atoms with Gasteiger partial charge in [-0.2, -0.15) is 0 Å². The summed E-state index contributed by atoms with van der Waals surface area (Å²) in [5.74, 6) is -0.895. The van der Waals surface area contributed by atoms with Gasteiger partial charge in [-0.3, -0.25) is 14.5 Å². The zero-order chi connectivity index (χ0) is 22.5. The monoisotopic (exact) mass is 467 g/mol. The first-order valence-corrected chi connectivity index (χ1v) is 11.2. The molecule has 4 rings (SSSR count). The number of amidine groups is 1. The molecule has 2 amide bonds. The molecule has 3 aromatic rings. The number of anilines is 1. The average Bonchev–Trinajstić information content (AvgIpc) is 3.06. The number of nitrogens with one attached hydrogen (secondary N) is 1. The highest BCUT2D eigenvalue weighted by Crippen LogP contribution is 2.33. The second-order valence-corrected chi connectivity index (χ2v) is 8.75. The Morgan fingerprint density at radius 3 is 2.41 bits per heavy atom. The van der Waals surface area contributed by atoms with Crippen molar-refractivity contribution in [2.45, 2.75) is 18.2 Å². The third-order valence-corrected chi connectivity index (χ3v) is 6.18. The molecule has 162 valence electrons. The van der Waals surface area contributed by atoms with Crippen molar-refractivity contribution < 1.29 is 14.0 Å². The zero-order valence-corrected chi connectivity index (χ0v) is 18.4. The molecule has 0 unspecified atom stereocenters. The molecule has 3 aromatic carbocycles. The highest BCUT2D eigenvalue weighted by molar-refractivity contribution is 8.15. The lowest BCUT2D eigenvalue weighted by atomic mass is 10.2. The summed E-state index contributed by atoms with van der Waals surface area (Å²) in [6.07, 6.45) is -0.0220. The first-order valence-electron chi connectivity index (χ1n) is 9.89. The maximum Gasteiger partial charge on any atom is 0.242 e. The molecule has 0 spiro atoms. The number of hydrogen-bond acceptors (Lipinski definition) is 4. The van der Waals surface area contributed by atoms with Gasteiger partial charge in [0.15, 0.2) is 5.17 Å². The van der Waals surface area contributed by atoms with Crippen LogP contribution in [-0.4, -0.2) is 27.1 Å². The van der Waals surface area contributed by atoms with E-state index in [4.69, 9.17) is 11.6 Å². The molecule has 0 saturated carbocycles. The Balaban J connectivity index is 1.52. The SMILES string of the molecule is O=C(C[C@H]1SC(=Nc2ccccc2)N(Cc2ccc(Cl)cc2)C1=O)Nc1ccc(F)cc1. The maximum absolute atomic E-state index is 13.2.